The smallest absolute Gasteiger partial charge is 0.225 e. The van der Waals surface area contributed by atoms with Crippen LogP contribution in [-0.4, -0.2) is 22.5 Å². The lowest BCUT2D eigenvalue weighted by Crippen LogP contribution is -2.46. The standard InChI is InChI=1S/C22H31NO2/c1-2-3-4-8-15-23-20(16-21(23)24)17-11-13-19(14-12-17)22(25)18-9-6-5-7-10-18/h4,8,11-14,18,20,22,25H,2-3,5-7,9-10,15-16H2,1H3/t20-,22?/m1/s1. The fraction of sp³-hybridized carbons (Fsp3) is 0.591. The molecule has 2 aliphatic rings. The highest BCUT2D eigenvalue weighted by molar-refractivity contribution is 5.83. The molecular weight excluding hydrogens is 310 g/mol. The van der Waals surface area contributed by atoms with E-state index in [1.54, 1.807) is 0 Å². The molecule has 3 nitrogen and oxygen atoms in total. The van der Waals surface area contributed by atoms with Crippen LogP contribution in [0.5, 0.6) is 0 Å². The van der Waals surface area contributed by atoms with Crippen LogP contribution in [0.15, 0.2) is 36.4 Å². The van der Waals surface area contributed by atoms with E-state index < -0.39 is 0 Å². The SMILES string of the molecule is CCCC=CCN1C(=O)C[C@@H]1c1ccc(C(O)C2CCCCC2)cc1. The van der Waals surface area contributed by atoms with Crippen LogP contribution in [0.25, 0.3) is 0 Å². The van der Waals surface area contributed by atoms with Crippen LogP contribution in [0.1, 0.15) is 81.6 Å². The Morgan fingerprint density at radius 1 is 1.16 bits per heavy atom. The van der Waals surface area contributed by atoms with E-state index in [9.17, 15) is 9.90 Å². The van der Waals surface area contributed by atoms with E-state index in [0.717, 1.165) is 31.2 Å². The third-order valence-corrected chi connectivity index (χ3v) is 5.75. The molecule has 1 aliphatic carbocycles. The second kappa shape index (κ2) is 8.66. The van der Waals surface area contributed by atoms with Gasteiger partial charge in [0.25, 0.3) is 0 Å². The van der Waals surface area contributed by atoms with Gasteiger partial charge in [0, 0.05) is 6.54 Å². The number of unbranched alkanes of at least 4 members (excludes halogenated alkanes) is 1. The maximum Gasteiger partial charge on any atom is 0.225 e. The first-order chi connectivity index (χ1) is 12.2. The van der Waals surface area contributed by atoms with Gasteiger partial charge in [0.05, 0.1) is 18.6 Å². The van der Waals surface area contributed by atoms with E-state index in [4.69, 9.17) is 0 Å². The molecule has 2 atom stereocenters. The van der Waals surface area contributed by atoms with Gasteiger partial charge in [-0.15, -0.1) is 0 Å². The highest BCUT2D eigenvalue weighted by Crippen LogP contribution is 2.37. The van der Waals surface area contributed by atoms with Gasteiger partial charge in [-0.3, -0.25) is 4.79 Å². The zero-order chi connectivity index (χ0) is 17.6. The van der Waals surface area contributed by atoms with Crippen LogP contribution in [0.4, 0.5) is 0 Å². The van der Waals surface area contributed by atoms with Crippen LogP contribution in [0.2, 0.25) is 0 Å². The van der Waals surface area contributed by atoms with Gasteiger partial charge in [0.15, 0.2) is 0 Å². The lowest BCUT2D eigenvalue weighted by Gasteiger charge is -2.40. The van der Waals surface area contributed by atoms with Gasteiger partial charge in [-0.25, -0.2) is 0 Å². The van der Waals surface area contributed by atoms with Crippen LogP contribution in [-0.2, 0) is 4.79 Å². The largest absolute Gasteiger partial charge is 0.388 e. The number of carbonyl (C=O) groups is 1. The first kappa shape index (κ1) is 18.2. The molecule has 2 fully saturated rings. The molecule has 25 heavy (non-hydrogen) atoms. The molecule has 1 amide bonds. The van der Waals surface area contributed by atoms with Crippen molar-refractivity contribution in [2.75, 3.05) is 6.54 Å². The summed E-state index contributed by atoms with van der Waals surface area (Å²) >= 11 is 0. The fourth-order valence-corrected chi connectivity index (χ4v) is 4.09. The molecule has 1 aliphatic heterocycles. The third-order valence-electron chi connectivity index (χ3n) is 5.75. The average molecular weight is 341 g/mol. The van der Waals surface area contributed by atoms with Crippen molar-refractivity contribution < 1.29 is 9.90 Å². The molecule has 0 aromatic heterocycles. The van der Waals surface area contributed by atoms with Crippen LogP contribution < -0.4 is 0 Å². The number of carbonyl (C=O) groups excluding carboxylic acids is 1. The first-order valence-corrected chi connectivity index (χ1v) is 9.93. The Hall–Kier alpha value is -1.61. The van der Waals surface area contributed by atoms with Crippen LogP contribution in [0, 0.1) is 5.92 Å². The van der Waals surface area contributed by atoms with Gasteiger partial charge in [0.2, 0.25) is 5.91 Å². The van der Waals surface area contributed by atoms with Crippen molar-refractivity contribution in [2.45, 2.75) is 70.4 Å². The average Bonchev–Trinajstić information content (AvgIpc) is 2.66. The summed E-state index contributed by atoms with van der Waals surface area (Å²) in [6.07, 6.45) is 12.8. The minimum Gasteiger partial charge on any atom is -0.388 e. The Balaban J connectivity index is 1.60. The number of nitrogens with zero attached hydrogens (tertiary/aromatic N) is 1. The molecule has 1 heterocycles. The normalized spacial score (nSPS) is 23.0. The van der Waals surface area contributed by atoms with Gasteiger partial charge >= 0.3 is 0 Å². The van der Waals surface area contributed by atoms with E-state index in [0.29, 0.717) is 18.9 Å². The maximum absolute atomic E-state index is 11.9. The molecule has 3 heteroatoms. The molecule has 0 bridgehead atoms. The zero-order valence-corrected chi connectivity index (χ0v) is 15.4. The Kier molecular flexibility index (Phi) is 6.30. The summed E-state index contributed by atoms with van der Waals surface area (Å²) in [6, 6.07) is 8.51. The third kappa shape index (κ3) is 4.33. The van der Waals surface area contributed by atoms with Gasteiger partial charge in [-0.1, -0.05) is 69.0 Å². The number of aliphatic hydroxyl groups excluding tert-OH is 1. The Bertz CT molecular complexity index is 587. The number of likely N-dealkylation sites (tertiary alicyclic amines) is 1. The fourth-order valence-electron chi connectivity index (χ4n) is 4.09. The second-order valence-corrected chi connectivity index (χ2v) is 7.54. The van der Waals surface area contributed by atoms with E-state index in [2.05, 4.69) is 43.3 Å². The van der Waals surface area contributed by atoms with Crippen LogP contribution >= 0.6 is 0 Å². The quantitative estimate of drug-likeness (QED) is 0.564. The summed E-state index contributed by atoms with van der Waals surface area (Å²) in [4.78, 5) is 13.9. The van der Waals surface area contributed by atoms with Gasteiger partial charge in [0.1, 0.15) is 0 Å². The lowest BCUT2D eigenvalue weighted by atomic mass is 9.82. The number of hydrogen-bond donors (Lipinski definition) is 1. The van der Waals surface area contributed by atoms with Crippen molar-refractivity contribution in [2.24, 2.45) is 5.92 Å². The summed E-state index contributed by atoms with van der Waals surface area (Å²) in [5.74, 6) is 0.641. The van der Waals surface area contributed by atoms with Crippen LogP contribution in [0.3, 0.4) is 0 Å². The Morgan fingerprint density at radius 2 is 1.88 bits per heavy atom. The molecule has 1 saturated heterocycles. The number of benzene rings is 1. The number of allylic oxidation sites excluding steroid dienone is 1. The number of β-lactam (4-membered cyclic amide) rings is 1. The first-order valence-electron chi connectivity index (χ1n) is 9.93. The summed E-state index contributed by atoms with van der Waals surface area (Å²) in [7, 11) is 0. The van der Waals surface area contributed by atoms with Gasteiger partial charge in [-0.2, -0.15) is 0 Å². The monoisotopic (exact) mass is 341 g/mol. The number of rotatable bonds is 7. The molecule has 3 rings (SSSR count). The van der Waals surface area contributed by atoms with Crippen molar-refractivity contribution in [3.8, 4) is 0 Å². The Labute approximate surface area is 151 Å². The van der Waals surface area contributed by atoms with E-state index >= 15 is 0 Å². The highest BCUT2D eigenvalue weighted by Gasteiger charge is 2.36. The topological polar surface area (TPSA) is 40.5 Å². The molecule has 1 aromatic carbocycles. The molecule has 0 spiro atoms. The number of aliphatic hydroxyl groups is 1. The second-order valence-electron chi connectivity index (χ2n) is 7.54. The maximum atomic E-state index is 11.9. The molecule has 1 N–H and O–H groups in total. The minimum absolute atomic E-state index is 0.194. The van der Waals surface area contributed by atoms with Crippen molar-refractivity contribution in [1.29, 1.82) is 0 Å². The highest BCUT2D eigenvalue weighted by atomic mass is 16.3. The summed E-state index contributed by atoms with van der Waals surface area (Å²) in [5.41, 5.74) is 2.21. The lowest BCUT2D eigenvalue weighted by molar-refractivity contribution is -0.145. The van der Waals surface area contributed by atoms with Gasteiger partial charge in [-0.05, 0) is 36.3 Å². The van der Waals surface area contributed by atoms with Gasteiger partial charge < -0.3 is 10.0 Å². The summed E-state index contributed by atoms with van der Waals surface area (Å²) < 4.78 is 0. The Morgan fingerprint density at radius 3 is 2.52 bits per heavy atom. The number of amides is 1. The minimum atomic E-state index is -0.342. The predicted molar refractivity (Wildman–Crippen MR) is 101 cm³/mol. The van der Waals surface area contributed by atoms with Crippen molar-refractivity contribution in [3.63, 3.8) is 0 Å². The summed E-state index contributed by atoms with van der Waals surface area (Å²) in [6.45, 7) is 2.86. The molecule has 1 unspecified atom stereocenters. The number of hydrogen-bond acceptors (Lipinski definition) is 2. The van der Waals surface area contributed by atoms with Crippen molar-refractivity contribution in [1.82, 2.24) is 4.90 Å². The molecular formula is C22H31NO2. The van der Waals surface area contributed by atoms with Crippen molar-refractivity contribution >= 4 is 5.91 Å². The van der Waals surface area contributed by atoms with E-state index in [-0.39, 0.29) is 18.1 Å². The summed E-state index contributed by atoms with van der Waals surface area (Å²) in [5, 5.41) is 10.6. The molecule has 1 saturated carbocycles. The van der Waals surface area contributed by atoms with E-state index in [1.807, 2.05) is 4.90 Å². The van der Waals surface area contributed by atoms with E-state index in [1.165, 1.54) is 24.8 Å². The molecule has 1 aromatic rings. The molecule has 0 radical (unpaired) electrons. The zero-order valence-electron chi connectivity index (χ0n) is 15.4. The predicted octanol–water partition coefficient (Wildman–Crippen LogP) is 4.93. The molecule has 136 valence electrons. The van der Waals surface area contributed by atoms with Crippen molar-refractivity contribution in [3.05, 3.63) is 47.5 Å².